The Balaban J connectivity index is 0.00000192. The molecule has 0 heterocycles. The fourth-order valence-electron chi connectivity index (χ4n) is 8.45. The van der Waals surface area contributed by atoms with Crippen LogP contribution in [-0.4, -0.2) is 8.07 Å². The maximum absolute atomic E-state index is 2.58. The minimum atomic E-state index is -2.41. The molecule has 0 N–H and O–H groups in total. The van der Waals surface area contributed by atoms with E-state index in [9.17, 15) is 0 Å². The van der Waals surface area contributed by atoms with Crippen LogP contribution in [0.5, 0.6) is 0 Å². The van der Waals surface area contributed by atoms with Gasteiger partial charge in [-0.15, -0.1) is 68.3 Å². The zero-order valence-corrected chi connectivity index (χ0v) is 34.8. The second kappa shape index (κ2) is 13.4. The quantitative estimate of drug-likeness (QED) is 0.123. The molecule has 2 heteroatoms. The Morgan fingerprint density at radius 3 is 1.20 bits per heavy atom. The van der Waals surface area contributed by atoms with Crippen LogP contribution in [0.2, 0.25) is 10.1 Å². The first kappa shape index (κ1) is 37.6. The van der Waals surface area contributed by atoms with Crippen LogP contribution in [0.4, 0.5) is 0 Å². The maximum Gasteiger partial charge on any atom is 4.00 e. The molecule has 0 atom stereocenters. The zero-order chi connectivity index (χ0) is 30.9. The molecule has 0 unspecified atom stereocenters. The van der Waals surface area contributed by atoms with Crippen LogP contribution in [-0.2, 0) is 25.8 Å². The van der Waals surface area contributed by atoms with E-state index in [0.717, 1.165) is 0 Å². The molecule has 46 heavy (non-hydrogen) atoms. The molecule has 0 saturated carbocycles. The van der Waals surface area contributed by atoms with Crippen LogP contribution in [0, 0.1) is 42.5 Å². The molecule has 0 nitrogen and oxygen atoms in total. The first-order chi connectivity index (χ1) is 20.2. The largest absolute Gasteiger partial charge is 4.00 e. The fourth-order valence-corrected chi connectivity index (χ4v) is 16.0. The molecule has 0 bridgehead atoms. The molecule has 0 saturated heterocycles. The fraction of sp³-hybridized carbons (Fsp3) is 0.273. The molecule has 0 radical (unpaired) electrons. The summed E-state index contributed by atoms with van der Waals surface area (Å²) in [6, 6.07) is 37.7. The minimum Gasteiger partial charge on any atom is -0.358 e. The summed E-state index contributed by atoms with van der Waals surface area (Å²) in [5, 5.41) is 8.72. The normalized spacial score (nSPS) is 12.0. The average molecular weight is 787 g/mol. The summed E-state index contributed by atoms with van der Waals surface area (Å²) in [6.45, 7) is 23.9. The molecular formula is C44H52HfSi. The Hall–Kier alpha value is -2.81. The molecular weight excluding hydrogens is 735 g/mol. The van der Waals surface area contributed by atoms with Gasteiger partial charge < -0.3 is 14.9 Å². The van der Waals surface area contributed by atoms with Gasteiger partial charge in [-0.2, -0.15) is 12.1 Å². The Morgan fingerprint density at radius 2 is 0.848 bits per heavy atom. The van der Waals surface area contributed by atoms with Gasteiger partial charge in [-0.3, -0.25) is 0 Å². The summed E-state index contributed by atoms with van der Waals surface area (Å²) >= 11 is 0. The van der Waals surface area contributed by atoms with Crippen molar-refractivity contribution in [2.75, 3.05) is 0 Å². The second-order valence-corrected chi connectivity index (χ2v) is 20.6. The first-order valence-electron chi connectivity index (χ1n) is 15.8. The van der Waals surface area contributed by atoms with Crippen molar-refractivity contribution in [1.29, 1.82) is 0 Å². The number of fused-ring (bicyclic) bond motifs is 2. The standard InChI is InChI=1S/C42H46Si.2CH3.Hf/c1-27-17-19-29(3)37(21-27)35-15-11-13-31-23-33(25-39(31)35)43(41(5,6)7,42(8,9)10)34-24-32-14-12-16-36(40(32)26-34)38-22-28(2)18-20-30(38)4;;;/h11-26H,1-10H3;2*1H3;/q-2;2*-1;+4. The summed E-state index contributed by atoms with van der Waals surface area (Å²) in [5.74, 6) is 0. The van der Waals surface area contributed by atoms with Crippen molar-refractivity contribution in [3.63, 3.8) is 0 Å². The van der Waals surface area contributed by atoms with Gasteiger partial charge in [-0.1, -0.05) is 112 Å². The predicted molar refractivity (Wildman–Crippen MR) is 206 cm³/mol. The van der Waals surface area contributed by atoms with Crippen molar-refractivity contribution in [1.82, 2.24) is 0 Å². The molecule has 0 aliphatic rings. The molecule has 0 aliphatic heterocycles. The summed E-state index contributed by atoms with van der Waals surface area (Å²) in [6.07, 6.45) is 0. The van der Waals surface area contributed by atoms with Gasteiger partial charge in [0.15, 0.2) is 0 Å². The average Bonchev–Trinajstić information content (AvgIpc) is 3.55. The Bertz CT molecular complexity index is 1840. The van der Waals surface area contributed by atoms with E-state index in [0.29, 0.717) is 0 Å². The van der Waals surface area contributed by atoms with Crippen molar-refractivity contribution in [3.8, 4) is 22.3 Å². The zero-order valence-electron chi connectivity index (χ0n) is 30.2. The summed E-state index contributed by atoms with van der Waals surface area (Å²) in [4.78, 5) is 0. The third-order valence-electron chi connectivity index (χ3n) is 9.98. The maximum atomic E-state index is 2.58. The van der Waals surface area contributed by atoms with Crippen molar-refractivity contribution in [2.24, 2.45) is 0 Å². The van der Waals surface area contributed by atoms with Gasteiger partial charge >= 0.3 is 25.8 Å². The number of benzene rings is 4. The van der Waals surface area contributed by atoms with Crippen molar-refractivity contribution in [3.05, 3.63) is 134 Å². The van der Waals surface area contributed by atoms with Crippen LogP contribution >= 0.6 is 0 Å². The van der Waals surface area contributed by atoms with Crippen LogP contribution in [0.25, 0.3) is 43.8 Å². The van der Waals surface area contributed by atoms with E-state index in [2.05, 4.69) is 166 Å². The summed E-state index contributed by atoms with van der Waals surface area (Å²) in [5.41, 5.74) is 10.7. The summed E-state index contributed by atoms with van der Waals surface area (Å²) < 4.78 is 0. The number of rotatable bonds is 4. The minimum absolute atomic E-state index is 0. The van der Waals surface area contributed by atoms with Gasteiger partial charge in [-0.05, 0) is 60.0 Å². The van der Waals surface area contributed by atoms with Gasteiger partial charge in [0.2, 0.25) is 0 Å². The van der Waals surface area contributed by atoms with Crippen molar-refractivity contribution < 1.29 is 25.8 Å². The van der Waals surface area contributed by atoms with Gasteiger partial charge in [0, 0.05) is 0 Å². The van der Waals surface area contributed by atoms with Crippen molar-refractivity contribution >= 4 is 40.0 Å². The smallest absolute Gasteiger partial charge is 0.358 e. The molecule has 0 spiro atoms. The van der Waals surface area contributed by atoms with E-state index >= 15 is 0 Å². The predicted octanol–water partition coefficient (Wildman–Crippen LogP) is 12.1. The third kappa shape index (κ3) is 6.01. The van der Waals surface area contributed by atoms with Crippen LogP contribution in [0.1, 0.15) is 63.8 Å². The molecule has 6 aromatic rings. The Labute approximate surface area is 299 Å². The van der Waals surface area contributed by atoms with Crippen molar-refractivity contribution in [2.45, 2.75) is 79.3 Å². The van der Waals surface area contributed by atoms with Gasteiger partial charge in [0.05, 0.1) is 8.07 Å². The molecule has 0 aromatic heterocycles. The van der Waals surface area contributed by atoms with E-state index in [4.69, 9.17) is 0 Å². The Kier molecular flexibility index (Phi) is 10.9. The number of hydrogen-bond acceptors (Lipinski definition) is 0. The second-order valence-electron chi connectivity index (χ2n) is 15.0. The molecule has 6 rings (SSSR count). The molecule has 236 valence electrons. The van der Waals surface area contributed by atoms with Crippen LogP contribution in [0.15, 0.2) is 97.1 Å². The first-order valence-corrected chi connectivity index (χ1v) is 17.8. The molecule has 0 fully saturated rings. The monoisotopic (exact) mass is 788 g/mol. The van der Waals surface area contributed by atoms with E-state index in [1.165, 1.54) is 66.1 Å². The molecule has 6 aromatic carbocycles. The van der Waals surface area contributed by atoms with Gasteiger partial charge in [0.1, 0.15) is 0 Å². The van der Waals surface area contributed by atoms with Gasteiger partial charge in [0.25, 0.3) is 0 Å². The van der Waals surface area contributed by atoms with Gasteiger partial charge in [-0.25, -0.2) is 0 Å². The van der Waals surface area contributed by atoms with Crippen LogP contribution in [0.3, 0.4) is 0 Å². The molecule has 0 amide bonds. The molecule has 0 aliphatic carbocycles. The Morgan fingerprint density at radius 1 is 0.478 bits per heavy atom. The van der Waals surface area contributed by atoms with Crippen LogP contribution < -0.4 is 10.4 Å². The van der Waals surface area contributed by atoms with E-state index in [-0.39, 0.29) is 50.8 Å². The van der Waals surface area contributed by atoms with E-state index in [1.807, 2.05) is 0 Å². The summed E-state index contributed by atoms with van der Waals surface area (Å²) in [7, 11) is -2.41. The number of hydrogen-bond donors (Lipinski definition) is 0. The van der Waals surface area contributed by atoms with E-state index in [1.54, 1.807) is 10.4 Å². The van der Waals surface area contributed by atoms with E-state index < -0.39 is 8.07 Å². The number of aryl methyl sites for hydroxylation is 4. The third-order valence-corrected chi connectivity index (χ3v) is 16.8. The SMILES string of the molecule is Cc1ccc(C)c(-c2cccc3[cH-]c([Si](c4cc5c(-c6cc(C)ccc6C)cccc5[cH-]4)(C(C)(C)C)C(C)(C)C)cc23)c1.[CH3-].[CH3-].[Hf+4]. The topological polar surface area (TPSA) is 0 Å².